The van der Waals surface area contributed by atoms with Crippen molar-refractivity contribution in [2.24, 2.45) is 0 Å². The first kappa shape index (κ1) is 11.9. The van der Waals surface area contributed by atoms with E-state index < -0.39 is 0 Å². The fourth-order valence-electron chi connectivity index (χ4n) is 0.995. The van der Waals surface area contributed by atoms with Gasteiger partial charge < -0.3 is 5.73 Å². The lowest BCUT2D eigenvalue weighted by Gasteiger charge is -2.06. The van der Waals surface area contributed by atoms with Gasteiger partial charge in [0.05, 0.1) is 4.47 Å². The summed E-state index contributed by atoms with van der Waals surface area (Å²) in [6, 6.07) is 3.10. The van der Waals surface area contributed by atoms with E-state index in [1.807, 2.05) is 0 Å². The molecule has 4 heteroatoms. The lowest BCUT2D eigenvalue weighted by Crippen LogP contribution is -1.92. The molecule has 0 unspecified atom stereocenters. The van der Waals surface area contributed by atoms with Gasteiger partial charge in [0.1, 0.15) is 5.82 Å². The molecule has 0 radical (unpaired) electrons. The fraction of sp³-hybridized carbons (Fsp3) is 0.400. The molecule has 0 bridgehead atoms. The van der Waals surface area contributed by atoms with Crippen LogP contribution in [0.25, 0.3) is 0 Å². The van der Waals surface area contributed by atoms with E-state index in [1.54, 1.807) is 17.8 Å². The van der Waals surface area contributed by atoms with Crippen molar-refractivity contribution >= 4 is 33.4 Å². The molecule has 0 saturated heterocycles. The van der Waals surface area contributed by atoms with Gasteiger partial charge >= 0.3 is 0 Å². The second kappa shape index (κ2) is 5.61. The Balaban J connectivity index is 2.72. The summed E-state index contributed by atoms with van der Waals surface area (Å²) in [5, 5.41) is 0. The maximum atomic E-state index is 13.0. The molecule has 0 spiro atoms. The minimum absolute atomic E-state index is 0.303. The minimum atomic E-state index is -0.303. The van der Waals surface area contributed by atoms with Crippen LogP contribution in [0.4, 0.5) is 10.1 Å². The fourth-order valence-corrected chi connectivity index (χ4v) is 2.57. The highest BCUT2D eigenvalue weighted by Crippen LogP contribution is 2.30. The summed E-state index contributed by atoms with van der Waals surface area (Å²) in [5.74, 6) is 0.723. The Hall–Kier alpha value is -0.220. The molecule has 1 nitrogen and oxygen atoms in total. The predicted molar refractivity (Wildman–Crippen MR) is 64.1 cm³/mol. The molecule has 0 amide bonds. The number of hydrogen-bond acceptors (Lipinski definition) is 2. The zero-order valence-corrected chi connectivity index (χ0v) is 10.4. The molecule has 0 aliphatic heterocycles. The van der Waals surface area contributed by atoms with Gasteiger partial charge in [0.25, 0.3) is 0 Å². The standard InChI is InChI=1S/C10H13BrFNS/c1-2-3-4-14-10-5-7(11)8(12)6-9(10)13/h5-6H,2-4,13H2,1H3. The average Bonchev–Trinajstić information content (AvgIpc) is 2.14. The molecule has 0 aliphatic rings. The summed E-state index contributed by atoms with van der Waals surface area (Å²) >= 11 is 4.82. The second-order valence-electron chi connectivity index (χ2n) is 3.01. The minimum Gasteiger partial charge on any atom is -0.398 e. The van der Waals surface area contributed by atoms with Crippen LogP contribution in [0.1, 0.15) is 19.8 Å². The molecule has 1 aromatic rings. The average molecular weight is 278 g/mol. The van der Waals surface area contributed by atoms with E-state index in [9.17, 15) is 4.39 Å². The molecule has 14 heavy (non-hydrogen) atoms. The van der Waals surface area contributed by atoms with Gasteiger partial charge in [-0.2, -0.15) is 0 Å². The summed E-state index contributed by atoms with van der Waals surface area (Å²) in [7, 11) is 0. The Labute approximate surface area is 96.4 Å². The lowest BCUT2D eigenvalue weighted by molar-refractivity contribution is 0.620. The van der Waals surface area contributed by atoms with Crippen molar-refractivity contribution in [3.05, 3.63) is 22.4 Å². The van der Waals surface area contributed by atoms with Crippen molar-refractivity contribution in [2.45, 2.75) is 24.7 Å². The van der Waals surface area contributed by atoms with Crippen molar-refractivity contribution in [3.63, 3.8) is 0 Å². The first-order valence-corrected chi connectivity index (χ1v) is 6.30. The van der Waals surface area contributed by atoms with Gasteiger partial charge in [0, 0.05) is 10.6 Å². The maximum Gasteiger partial charge on any atom is 0.139 e. The quantitative estimate of drug-likeness (QED) is 0.510. The van der Waals surface area contributed by atoms with E-state index in [0.717, 1.165) is 23.5 Å². The maximum absolute atomic E-state index is 13.0. The number of halogens is 2. The number of nitrogens with two attached hydrogens (primary N) is 1. The van der Waals surface area contributed by atoms with E-state index in [0.29, 0.717) is 10.2 Å². The third-order valence-electron chi connectivity index (χ3n) is 1.81. The van der Waals surface area contributed by atoms with Crippen LogP contribution in [0.3, 0.4) is 0 Å². The molecule has 1 aromatic carbocycles. The smallest absolute Gasteiger partial charge is 0.139 e. The van der Waals surface area contributed by atoms with Crippen LogP contribution >= 0.6 is 27.7 Å². The zero-order valence-electron chi connectivity index (χ0n) is 8.02. The summed E-state index contributed by atoms with van der Waals surface area (Å²) in [6.45, 7) is 2.14. The van der Waals surface area contributed by atoms with Gasteiger partial charge in [-0.15, -0.1) is 11.8 Å². The van der Waals surface area contributed by atoms with Gasteiger partial charge in [-0.1, -0.05) is 13.3 Å². The lowest BCUT2D eigenvalue weighted by atomic mass is 10.3. The Kier molecular flexibility index (Phi) is 4.75. The molecule has 0 aliphatic carbocycles. The molecule has 1 rings (SSSR count). The van der Waals surface area contributed by atoms with Crippen LogP contribution in [-0.2, 0) is 0 Å². The largest absolute Gasteiger partial charge is 0.398 e. The SMILES string of the molecule is CCCCSc1cc(Br)c(F)cc1N. The van der Waals surface area contributed by atoms with Gasteiger partial charge in [0.15, 0.2) is 0 Å². The highest BCUT2D eigenvalue weighted by atomic mass is 79.9. The molecule has 0 heterocycles. The number of hydrogen-bond donors (Lipinski definition) is 1. The third-order valence-corrected chi connectivity index (χ3v) is 3.57. The van der Waals surface area contributed by atoms with Gasteiger partial charge in [0.2, 0.25) is 0 Å². The van der Waals surface area contributed by atoms with Crippen LogP contribution in [0.15, 0.2) is 21.5 Å². The van der Waals surface area contributed by atoms with Crippen LogP contribution < -0.4 is 5.73 Å². The summed E-state index contributed by atoms with van der Waals surface area (Å²) in [4.78, 5) is 0.951. The molecule has 0 aromatic heterocycles. The Morgan fingerprint density at radius 1 is 1.50 bits per heavy atom. The number of nitrogen functional groups attached to an aromatic ring is 1. The first-order chi connectivity index (χ1) is 6.65. The number of thioether (sulfide) groups is 1. The van der Waals surface area contributed by atoms with Gasteiger partial charge in [-0.25, -0.2) is 4.39 Å². The van der Waals surface area contributed by atoms with Crippen LogP contribution in [0.2, 0.25) is 0 Å². The molecular formula is C10H13BrFNS. The van der Waals surface area contributed by atoms with E-state index in [4.69, 9.17) is 5.73 Å². The van der Waals surface area contributed by atoms with Crippen LogP contribution in [0.5, 0.6) is 0 Å². The molecule has 2 N–H and O–H groups in total. The number of rotatable bonds is 4. The molecular weight excluding hydrogens is 265 g/mol. The number of anilines is 1. The van der Waals surface area contributed by atoms with Gasteiger partial charge in [-0.05, 0) is 40.2 Å². The number of unbranched alkanes of at least 4 members (excludes halogenated alkanes) is 1. The highest BCUT2D eigenvalue weighted by Gasteiger charge is 2.05. The van der Waals surface area contributed by atoms with Crippen LogP contribution in [0, 0.1) is 5.82 Å². The van der Waals surface area contributed by atoms with Crippen molar-refractivity contribution in [1.82, 2.24) is 0 Å². The van der Waals surface area contributed by atoms with Crippen molar-refractivity contribution < 1.29 is 4.39 Å². The molecule has 78 valence electrons. The van der Waals surface area contributed by atoms with E-state index in [2.05, 4.69) is 22.9 Å². The van der Waals surface area contributed by atoms with Crippen molar-refractivity contribution in [3.8, 4) is 0 Å². The Morgan fingerprint density at radius 2 is 2.21 bits per heavy atom. The predicted octanol–water partition coefficient (Wildman–Crippen LogP) is 4.06. The Morgan fingerprint density at radius 3 is 2.86 bits per heavy atom. The Bertz CT molecular complexity index is 317. The second-order valence-corrected chi connectivity index (χ2v) is 5.00. The summed E-state index contributed by atoms with van der Waals surface area (Å²) in [6.07, 6.45) is 2.31. The van der Waals surface area contributed by atoms with Crippen LogP contribution in [-0.4, -0.2) is 5.75 Å². The summed E-state index contributed by atoms with van der Waals surface area (Å²) < 4.78 is 13.5. The molecule has 0 fully saturated rings. The summed E-state index contributed by atoms with van der Waals surface area (Å²) in [5.41, 5.74) is 6.21. The first-order valence-electron chi connectivity index (χ1n) is 4.52. The van der Waals surface area contributed by atoms with Crippen molar-refractivity contribution in [1.29, 1.82) is 0 Å². The number of benzene rings is 1. The zero-order chi connectivity index (χ0) is 10.6. The van der Waals surface area contributed by atoms with E-state index in [1.165, 1.54) is 6.07 Å². The highest BCUT2D eigenvalue weighted by molar-refractivity contribution is 9.10. The van der Waals surface area contributed by atoms with Crippen molar-refractivity contribution in [2.75, 3.05) is 11.5 Å². The molecule has 0 saturated carbocycles. The normalized spacial score (nSPS) is 10.5. The van der Waals surface area contributed by atoms with Gasteiger partial charge in [-0.3, -0.25) is 0 Å². The molecule has 0 atom stereocenters. The van der Waals surface area contributed by atoms with E-state index >= 15 is 0 Å². The van der Waals surface area contributed by atoms with E-state index in [-0.39, 0.29) is 5.82 Å². The topological polar surface area (TPSA) is 26.0 Å². The monoisotopic (exact) mass is 277 g/mol. The third kappa shape index (κ3) is 3.17.